The number of nitrogens with two attached hydrogens (primary N) is 1. The number of nitrogen functional groups attached to an aromatic ring is 1. The number of benzene rings is 2. The highest BCUT2D eigenvalue weighted by atomic mass is 35.5. The van der Waals surface area contributed by atoms with Gasteiger partial charge in [-0.25, -0.2) is 0 Å². The summed E-state index contributed by atoms with van der Waals surface area (Å²) in [5.74, 6) is 2.55. The molecule has 0 atom stereocenters. The van der Waals surface area contributed by atoms with Crippen molar-refractivity contribution in [2.24, 2.45) is 0 Å². The molecule has 21 heavy (non-hydrogen) atoms. The highest BCUT2D eigenvalue weighted by Gasteiger charge is 2.18. The number of thioether (sulfide) groups is 1. The van der Waals surface area contributed by atoms with E-state index in [-0.39, 0.29) is 0 Å². The van der Waals surface area contributed by atoms with Crippen LogP contribution in [-0.2, 0) is 12.2 Å². The molecule has 0 bridgehead atoms. The fraction of sp³-hybridized carbons (Fsp3) is 0.250. The summed E-state index contributed by atoms with van der Waals surface area (Å²) in [6.07, 6.45) is 0.925. The van der Waals surface area contributed by atoms with Gasteiger partial charge < -0.3 is 15.2 Å². The van der Waals surface area contributed by atoms with Crippen molar-refractivity contribution < 1.29 is 9.47 Å². The third kappa shape index (κ3) is 3.06. The minimum absolute atomic E-state index is 0.731. The van der Waals surface area contributed by atoms with E-state index in [9.17, 15) is 0 Å². The molecular weight excluding hydrogens is 306 g/mol. The Morgan fingerprint density at radius 1 is 1.33 bits per heavy atom. The number of hydrogen-bond acceptors (Lipinski definition) is 4. The molecule has 1 aliphatic heterocycles. The molecule has 2 aromatic carbocycles. The van der Waals surface area contributed by atoms with Crippen LogP contribution in [0.15, 0.2) is 35.2 Å². The molecule has 3 nitrogen and oxygen atoms in total. The molecule has 2 aromatic rings. The van der Waals surface area contributed by atoms with E-state index < -0.39 is 0 Å². The van der Waals surface area contributed by atoms with Crippen LogP contribution in [0.3, 0.4) is 0 Å². The molecule has 0 aliphatic carbocycles. The first-order valence-corrected chi connectivity index (χ1v) is 8.04. The summed E-state index contributed by atoms with van der Waals surface area (Å²) < 4.78 is 11.0. The monoisotopic (exact) mass is 321 g/mol. The molecular formula is C16H16ClNO2S. The van der Waals surface area contributed by atoms with E-state index in [4.69, 9.17) is 26.8 Å². The fourth-order valence-electron chi connectivity index (χ4n) is 2.38. The summed E-state index contributed by atoms with van der Waals surface area (Å²) in [5, 5.41) is 0.758. The zero-order valence-electron chi connectivity index (χ0n) is 11.7. The van der Waals surface area contributed by atoms with Crippen molar-refractivity contribution in [3.63, 3.8) is 0 Å². The van der Waals surface area contributed by atoms with E-state index in [0.29, 0.717) is 0 Å². The predicted octanol–water partition coefficient (Wildman–Crippen LogP) is 4.16. The summed E-state index contributed by atoms with van der Waals surface area (Å²) in [6, 6.07) is 9.62. The maximum absolute atomic E-state index is 6.18. The van der Waals surface area contributed by atoms with E-state index in [2.05, 4.69) is 0 Å². The Bertz CT molecular complexity index is 676. The Morgan fingerprint density at radius 3 is 3.00 bits per heavy atom. The molecule has 2 N–H and O–H groups in total. The Kier molecular flexibility index (Phi) is 4.17. The van der Waals surface area contributed by atoms with Crippen molar-refractivity contribution in [2.45, 2.75) is 17.1 Å². The van der Waals surface area contributed by atoms with Crippen molar-refractivity contribution in [1.82, 2.24) is 0 Å². The number of anilines is 1. The first-order valence-electron chi connectivity index (χ1n) is 6.68. The zero-order chi connectivity index (χ0) is 14.8. The lowest BCUT2D eigenvalue weighted by molar-refractivity contribution is 0.354. The highest BCUT2D eigenvalue weighted by molar-refractivity contribution is 7.98. The van der Waals surface area contributed by atoms with Crippen LogP contribution in [0.1, 0.15) is 11.1 Å². The normalized spacial score (nSPS) is 12.9. The van der Waals surface area contributed by atoms with Crippen molar-refractivity contribution in [3.05, 3.63) is 46.5 Å². The predicted molar refractivity (Wildman–Crippen MR) is 87.6 cm³/mol. The lowest BCUT2D eigenvalue weighted by Gasteiger charge is -2.11. The molecule has 0 radical (unpaired) electrons. The molecule has 0 unspecified atom stereocenters. The summed E-state index contributed by atoms with van der Waals surface area (Å²) in [6.45, 7) is 0.731. The van der Waals surface area contributed by atoms with Gasteiger partial charge in [0.25, 0.3) is 0 Å². The Morgan fingerprint density at radius 2 is 2.19 bits per heavy atom. The van der Waals surface area contributed by atoms with Crippen LogP contribution in [0, 0.1) is 0 Å². The fourth-order valence-corrected chi connectivity index (χ4v) is 3.60. The Balaban J connectivity index is 1.82. The number of ether oxygens (including phenoxy) is 2. The molecule has 0 saturated heterocycles. The van der Waals surface area contributed by atoms with Gasteiger partial charge in [-0.2, -0.15) is 0 Å². The standard InChI is InChI=1S/C16H16ClNO2S/c1-19-13-2-3-14(18)15(8-13)21-9-11-7-12(17)6-10-4-5-20-16(10)11/h2-3,6-8H,4-5,9,18H2,1H3. The summed E-state index contributed by atoms with van der Waals surface area (Å²) >= 11 is 7.84. The van der Waals surface area contributed by atoms with Crippen LogP contribution < -0.4 is 15.2 Å². The molecule has 0 aromatic heterocycles. The zero-order valence-corrected chi connectivity index (χ0v) is 13.3. The average Bonchev–Trinajstić information content (AvgIpc) is 2.94. The third-order valence-corrected chi connectivity index (χ3v) is 4.77. The van der Waals surface area contributed by atoms with Gasteiger partial charge in [0.15, 0.2) is 0 Å². The number of halogens is 1. The summed E-state index contributed by atoms with van der Waals surface area (Å²) in [4.78, 5) is 1.00. The molecule has 1 heterocycles. The Labute approximate surface area is 133 Å². The largest absolute Gasteiger partial charge is 0.497 e. The van der Waals surface area contributed by atoms with Crippen molar-refractivity contribution in [2.75, 3.05) is 19.5 Å². The first kappa shape index (κ1) is 14.4. The average molecular weight is 322 g/mol. The lowest BCUT2D eigenvalue weighted by atomic mass is 10.1. The first-order chi connectivity index (χ1) is 10.2. The second-order valence-corrected chi connectivity index (χ2v) is 6.30. The quantitative estimate of drug-likeness (QED) is 0.678. The minimum atomic E-state index is 0.731. The van der Waals surface area contributed by atoms with Gasteiger partial charge in [-0.15, -0.1) is 11.8 Å². The molecule has 110 valence electrons. The SMILES string of the molecule is COc1ccc(N)c(SCc2cc(Cl)cc3c2OCC3)c1. The number of rotatable bonds is 4. The second-order valence-electron chi connectivity index (χ2n) is 4.84. The van der Waals surface area contributed by atoms with E-state index in [0.717, 1.165) is 51.4 Å². The van der Waals surface area contributed by atoms with E-state index in [1.165, 1.54) is 5.56 Å². The number of methoxy groups -OCH3 is 1. The Hall–Kier alpha value is -1.52. The van der Waals surface area contributed by atoms with Crippen LogP contribution in [-0.4, -0.2) is 13.7 Å². The second kappa shape index (κ2) is 6.08. The summed E-state index contributed by atoms with van der Waals surface area (Å²) in [7, 11) is 1.65. The van der Waals surface area contributed by atoms with Crippen LogP contribution in [0.5, 0.6) is 11.5 Å². The van der Waals surface area contributed by atoms with E-state index in [1.807, 2.05) is 30.3 Å². The van der Waals surface area contributed by atoms with Gasteiger partial charge in [-0.05, 0) is 35.9 Å². The van der Waals surface area contributed by atoms with Gasteiger partial charge in [0.2, 0.25) is 0 Å². The maximum Gasteiger partial charge on any atom is 0.126 e. The molecule has 0 fully saturated rings. The third-order valence-electron chi connectivity index (χ3n) is 3.43. The van der Waals surface area contributed by atoms with Crippen LogP contribution in [0.2, 0.25) is 5.02 Å². The molecule has 5 heteroatoms. The van der Waals surface area contributed by atoms with Crippen LogP contribution in [0.4, 0.5) is 5.69 Å². The molecule has 1 aliphatic rings. The van der Waals surface area contributed by atoms with E-state index in [1.54, 1.807) is 18.9 Å². The minimum Gasteiger partial charge on any atom is -0.497 e. The van der Waals surface area contributed by atoms with E-state index >= 15 is 0 Å². The topological polar surface area (TPSA) is 44.5 Å². The van der Waals surface area contributed by atoms with Crippen molar-refractivity contribution >= 4 is 29.1 Å². The van der Waals surface area contributed by atoms with Gasteiger partial charge in [0.05, 0.1) is 13.7 Å². The van der Waals surface area contributed by atoms with Gasteiger partial charge in [-0.3, -0.25) is 0 Å². The maximum atomic E-state index is 6.18. The molecule has 3 rings (SSSR count). The lowest BCUT2D eigenvalue weighted by Crippen LogP contribution is -1.93. The summed E-state index contributed by atoms with van der Waals surface area (Å²) in [5.41, 5.74) is 9.07. The highest BCUT2D eigenvalue weighted by Crippen LogP contribution is 2.38. The number of hydrogen-bond donors (Lipinski definition) is 1. The van der Waals surface area contributed by atoms with Crippen LogP contribution in [0.25, 0.3) is 0 Å². The smallest absolute Gasteiger partial charge is 0.126 e. The van der Waals surface area contributed by atoms with Gasteiger partial charge in [0, 0.05) is 33.3 Å². The molecule has 0 spiro atoms. The van der Waals surface area contributed by atoms with Crippen molar-refractivity contribution in [1.29, 1.82) is 0 Å². The number of fused-ring (bicyclic) bond motifs is 1. The van der Waals surface area contributed by atoms with Gasteiger partial charge in [0.1, 0.15) is 11.5 Å². The van der Waals surface area contributed by atoms with Gasteiger partial charge in [-0.1, -0.05) is 11.6 Å². The molecule has 0 amide bonds. The van der Waals surface area contributed by atoms with Crippen molar-refractivity contribution in [3.8, 4) is 11.5 Å². The molecule has 0 saturated carbocycles. The van der Waals surface area contributed by atoms with Gasteiger partial charge >= 0.3 is 0 Å². The van der Waals surface area contributed by atoms with Crippen LogP contribution >= 0.6 is 23.4 Å².